The molecule has 3 saturated carbocycles. The average Bonchev–Trinajstić information content (AvgIpc) is 3.56. The first-order valence-corrected chi connectivity index (χ1v) is 20.3. The summed E-state index contributed by atoms with van der Waals surface area (Å²) in [5.74, 6) is 1.12. The summed E-state index contributed by atoms with van der Waals surface area (Å²) in [5, 5.41) is 29.4. The van der Waals surface area contributed by atoms with Gasteiger partial charge in [-0.2, -0.15) is 5.06 Å². The maximum Gasteiger partial charge on any atom is 0.251 e. The molecule has 3 aliphatic carbocycles. The molecule has 1 aliphatic heterocycles. The largest absolute Gasteiger partial charge is 0.496 e. The van der Waals surface area contributed by atoms with Crippen LogP contribution in [0, 0.1) is 29.1 Å². The third-order valence-corrected chi connectivity index (χ3v) is 13.2. The van der Waals surface area contributed by atoms with E-state index in [1.807, 2.05) is 54.6 Å². The number of aliphatic hydroxyl groups is 2. The van der Waals surface area contributed by atoms with Crippen molar-refractivity contribution < 1.29 is 29.4 Å². The molecule has 0 spiro atoms. The SMILES string of the molecule is COc1c(CN2O[C@@H](CO)[C@@H]([C@H](C)O)[C@H]2C(=O)N[C@H]2C[C@H]3C[C@@H]([C@@H]2C)C3(C)C)cccc1-c1cc(CN)cc(C(=O)NCC(CCN(C)C)c2ccccc2)c1. The molecule has 6 N–H and O–H groups in total. The van der Waals surface area contributed by atoms with Crippen molar-refractivity contribution in [3.8, 4) is 16.9 Å². The van der Waals surface area contributed by atoms with Crippen LogP contribution >= 0.6 is 0 Å². The number of hydroxylamine groups is 2. The first kappa shape index (κ1) is 41.8. The zero-order valence-electron chi connectivity index (χ0n) is 34.2. The van der Waals surface area contributed by atoms with Crippen molar-refractivity contribution in [3.63, 3.8) is 0 Å². The molecule has 9 atom stereocenters. The molecular formula is C45H63N5O6. The highest BCUT2D eigenvalue weighted by Crippen LogP contribution is 2.61. The fraction of sp³-hybridized carbons (Fsp3) is 0.556. The number of para-hydroxylation sites is 1. The fourth-order valence-electron chi connectivity index (χ4n) is 9.77. The Balaban J connectivity index is 1.24. The second-order valence-electron chi connectivity index (χ2n) is 17.3. The number of benzene rings is 3. The number of carbonyl (C=O) groups excluding carboxylic acids is 2. The lowest BCUT2D eigenvalue weighted by Gasteiger charge is -2.62. The minimum Gasteiger partial charge on any atom is -0.496 e. The van der Waals surface area contributed by atoms with Gasteiger partial charge in [-0.1, -0.05) is 69.3 Å². The van der Waals surface area contributed by atoms with E-state index in [0.29, 0.717) is 35.6 Å². The van der Waals surface area contributed by atoms with E-state index >= 15 is 0 Å². The first-order chi connectivity index (χ1) is 26.8. The van der Waals surface area contributed by atoms with E-state index in [-0.39, 0.29) is 48.9 Å². The molecule has 11 heteroatoms. The van der Waals surface area contributed by atoms with E-state index in [1.54, 1.807) is 19.1 Å². The second kappa shape index (κ2) is 17.7. The van der Waals surface area contributed by atoms with Crippen LogP contribution in [0.5, 0.6) is 5.75 Å². The lowest BCUT2D eigenvalue weighted by atomic mass is 9.45. The normalized spacial score (nSPS) is 26.7. The van der Waals surface area contributed by atoms with Crippen molar-refractivity contribution in [1.29, 1.82) is 0 Å². The Morgan fingerprint density at radius 1 is 1.09 bits per heavy atom. The number of nitrogens with zero attached hydrogens (tertiary/aromatic N) is 2. The van der Waals surface area contributed by atoms with Crippen LogP contribution in [0.25, 0.3) is 11.1 Å². The number of methoxy groups -OCH3 is 1. The van der Waals surface area contributed by atoms with Crippen LogP contribution in [0.3, 0.4) is 0 Å². The minimum absolute atomic E-state index is 0.0327. The molecule has 56 heavy (non-hydrogen) atoms. The monoisotopic (exact) mass is 769 g/mol. The predicted octanol–water partition coefficient (Wildman–Crippen LogP) is 4.95. The van der Waals surface area contributed by atoms with Crippen LogP contribution in [-0.4, -0.2) is 97.2 Å². The van der Waals surface area contributed by atoms with Crippen LogP contribution < -0.4 is 21.1 Å². The van der Waals surface area contributed by atoms with Crippen molar-refractivity contribution >= 4 is 11.8 Å². The van der Waals surface area contributed by atoms with Gasteiger partial charge in [0.25, 0.3) is 5.91 Å². The van der Waals surface area contributed by atoms with E-state index in [4.69, 9.17) is 15.3 Å². The van der Waals surface area contributed by atoms with Crippen LogP contribution in [0.4, 0.5) is 0 Å². The molecule has 4 aliphatic rings. The van der Waals surface area contributed by atoms with E-state index < -0.39 is 24.2 Å². The third-order valence-electron chi connectivity index (χ3n) is 13.2. The molecule has 1 heterocycles. The Morgan fingerprint density at radius 3 is 2.46 bits per heavy atom. The van der Waals surface area contributed by atoms with Gasteiger partial charge in [0.2, 0.25) is 5.91 Å². The molecule has 4 fully saturated rings. The zero-order valence-corrected chi connectivity index (χ0v) is 34.2. The van der Waals surface area contributed by atoms with Crippen LogP contribution in [-0.2, 0) is 22.7 Å². The van der Waals surface area contributed by atoms with Gasteiger partial charge in [0.1, 0.15) is 17.9 Å². The number of carbonyl (C=O) groups is 2. The summed E-state index contributed by atoms with van der Waals surface area (Å²) in [4.78, 5) is 36.5. The average molecular weight is 770 g/mol. The molecule has 2 amide bonds. The summed E-state index contributed by atoms with van der Waals surface area (Å²) < 4.78 is 6.07. The highest BCUT2D eigenvalue weighted by Gasteiger charge is 2.57. The Hall–Kier alpha value is -3.84. The number of amides is 2. The highest BCUT2D eigenvalue weighted by molar-refractivity contribution is 5.96. The second-order valence-corrected chi connectivity index (χ2v) is 17.3. The Kier molecular flexibility index (Phi) is 13.2. The van der Waals surface area contributed by atoms with Gasteiger partial charge in [-0.15, -0.1) is 0 Å². The van der Waals surface area contributed by atoms with Gasteiger partial charge in [-0.05, 0) is 105 Å². The summed E-state index contributed by atoms with van der Waals surface area (Å²) in [6.07, 6.45) is 1.35. The molecular weight excluding hydrogens is 707 g/mol. The lowest BCUT2D eigenvalue weighted by Crippen LogP contribution is -2.62. The molecule has 3 aromatic carbocycles. The van der Waals surface area contributed by atoms with Crippen molar-refractivity contribution in [2.75, 3.05) is 40.9 Å². The number of hydrogen-bond donors (Lipinski definition) is 5. The lowest BCUT2D eigenvalue weighted by molar-refractivity contribution is -0.183. The van der Waals surface area contributed by atoms with Gasteiger partial charge in [-0.25, -0.2) is 0 Å². The molecule has 1 unspecified atom stereocenters. The number of nitrogens with two attached hydrogens (primary N) is 1. The van der Waals surface area contributed by atoms with Crippen molar-refractivity contribution in [3.05, 3.63) is 89.0 Å². The number of aliphatic hydroxyl groups excluding tert-OH is 2. The summed E-state index contributed by atoms with van der Waals surface area (Å²) in [6, 6.07) is 20.9. The molecule has 3 aromatic rings. The maximum absolute atomic E-state index is 14.3. The summed E-state index contributed by atoms with van der Waals surface area (Å²) in [5.41, 5.74) is 11.2. The summed E-state index contributed by atoms with van der Waals surface area (Å²) >= 11 is 0. The zero-order chi connectivity index (χ0) is 40.3. The standard InChI is InChI=1S/C45H63N5O6/c1-27-37-21-35(45(37,3)4)22-38(27)48-44(54)41-40(28(2)52)39(26-51)56-50(41)25-32-14-11-15-36(42(32)55-7)33-18-29(23-46)19-34(20-33)43(53)47-24-31(16-17-49(5)6)30-12-9-8-10-13-30/h8-15,18-20,27-28,31,35,37-41,51-52H,16-17,21-26,46H2,1-7H3,(H,47,53)(H,48,54)/t27-,28-,31?,35+,37-,38-,39-,40+,41-/m0/s1. The molecule has 0 radical (unpaired) electrons. The van der Waals surface area contributed by atoms with Crippen molar-refractivity contribution in [2.24, 2.45) is 34.8 Å². The van der Waals surface area contributed by atoms with Crippen LogP contribution in [0.2, 0.25) is 0 Å². The molecule has 1 saturated heterocycles. The number of rotatable bonds is 16. The van der Waals surface area contributed by atoms with E-state index in [2.05, 4.69) is 62.5 Å². The Morgan fingerprint density at radius 2 is 1.84 bits per heavy atom. The summed E-state index contributed by atoms with van der Waals surface area (Å²) in [6.45, 7) is 9.99. The third kappa shape index (κ3) is 8.68. The van der Waals surface area contributed by atoms with E-state index in [0.717, 1.165) is 41.6 Å². The van der Waals surface area contributed by atoms with Gasteiger partial charge in [0.05, 0.1) is 26.4 Å². The van der Waals surface area contributed by atoms with Gasteiger partial charge < -0.3 is 36.2 Å². The van der Waals surface area contributed by atoms with Gasteiger partial charge in [-0.3, -0.25) is 14.4 Å². The van der Waals surface area contributed by atoms with Gasteiger partial charge >= 0.3 is 0 Å². The minimum atomic E-state index is -0.906. The number of nitrogens with one attached hydrogen (secondary N) is 2. The first-order valence-electron chi connectivity index (χ1n) is 20.3. The van der Waals surface area contributed by atoms with Crippen LogP contribution in [0.15, 0.2) is 66.7 Å². The maximum atomic E-state index is 14.3. The van der Waals surface area contributed by atoms with E-state index in [1.165, 1.54) is 12.0 Å². The molecule has 0 aromatic heterocycles. The van der Waals surface area contributed by atoms with Gasteiger partial charge in [0.15, 0.2) is 0 Å². The number of fused-ring (bicyclic) bond motifs is 2. The Bertz CT molecular complexity index is 1820. The quantitative estimate of drug-likeness (QED) is 0.137. The number of ether oxygens (including phenoxy) is 1. The fourth-order valence-corrected chi connectivity index (χ4v) is 9.77. The molecule has 11 nitrogen and oxygen atoms in total. The molecule has 7 rings (SSSR count). The summed E-state index contributed by atoms with van der Waals surface area (Å²) in [7, 11) is 5.70. The predicted molar refractivity (Wildman–Crippen MR) is 219 cm³/mol. The van der Waals surface area contributed by atoms with Crippen molar-refractivity contribution in [1.82, 2.24) is 20.6 Å². The van der Waals surface area contributed by atoms with Gasteiger partial charge in [0, 0.05) is 47.7 Å². The van der Waals surface area contributed by atoms with E-state index in [9.17, 15) is 19.8 Å². The molecule has 304 valence electrons. The molecule has 2 bridgehead atoms. The van der Waals surface area contributed by atoms with Crippen LogP contribution in [0.1, 0.15) is 79.9 Å². The highest BCUT2D eigenvalue weighted by atomic mass is 16.7. The smallest absolute Gasteiger partial charge is 0.251 e. The van der Waals surface area contributed by atoms with Crippen molar-refractivity contribution in [2.45, 2.75) is 90.3 Å². The Labute approximate surface area is 332 Å². The number of hydrogen-bond acceptors (Lipinski definition) is 9. The topological polar surface area (TPSA) is 150 Å².